The monoisotopic (exact) mass is 316 g/mol. The van der Waals surface area contributed by atoms with Crippen LogP contribution in [-0.2, 0) is 14.8 Å². The molecule has 2 fully saturated rings. The number of rotatable bonds is 5. The third kappa shape index (κ3) is 3.11. The fourth-order valence-electron chi connectivity index (χ4n) is 3.19. The lowest BCUT2D eigenvalue weighted by Crippen LogP contribution is -2.54. The van der Waals surface area contributed by atoms with Gasteiger partial charge in [0.2, 0.25) is 15.9 Å². The van der Waals surface area contributed by atoms with Gasteiger partial charge in [-0.25, -0.2) is 8.42 Å². The van der Waals surface area contributed by atoms with Crippen LogP contribution in [0.2, 0.25) is 0 Å². The van der Waals surface area contributed by atoms with Crippen LogP contribution in [-0.4, -0.2) is 55.0 Å². The third-order valence-electron chi connectivity index (χ3n) is 5.31. The van der Waals surface area contributed by atoms with Gasteiger partial charge in [-0.1, -0.05) is 20.8 Å². The molecule has 0 spiro atoms. The highest BCUT2D eigenvalue weighted by molar-refractivity contribution is 7.89. The van der Waals surface area contributed by atoms with E-state index in [4.69, 9.17) is 0 Å². The second kappa shape index (κ2) is 5.54. The molecule has 1 heterocycles. The van der Waals surface area contributed by atoms with Gasteiger partial charge in [0.1, 0.15) is 6.04 Å². The second-order valence-electron chi connectivity index (χ2n) is 7.25. The highest BCUT2D eigenvalue weighted by atomic mass is 32.2. The van der Waals surface area contributed by atoms with Crippen molar-refractivity contribution in [3.8, 4) is 0 Å². The molecule has 1 saturated heterocycles. The fourth-order valence-corrected chi connectivity index (χ4v) is 5.01. The van der Waals surface area contributed by atoms with E-state index < -0.39 is 16.1 Å². The minimum Gasteiger partial charge on any atom is -0.341 e. The Morgan fingerprint density at radius 2 is 1.81 bits per heavy atom. The molecule has 6 heteroatoms. The minimum atomic E-state index is -3.27. The van der Waals surface area contributed by atoms with Gasteiger partial charge in [-0.15, -0.1) is 0 Å². The minimum absolute atomic E-state index is 0.0213. The fraction of sp³-hybridized carbons (Fsp3) is 0.933. The van der Waals surface area contributed by atoms with Crippen LogP contribution in [0.15, 0.2) is 0 Å². The van der Waals surface area contributed by atoms with E-state index in [-0.39, 0.29) is 29.0 Å². The molecule has 0 aromatic heterocycles. The van der Waals surface area contributed by atoms with Crippen LogP contribution in [0.5, 0.6) is 0 Å². The Morgan fingerprint density at radius 1 is 1.24 bits per heavy atom. The summed E-state index contributed by atoms with van der Waals surface area (Å²) in [4.78, 5) is 14.7. The first-order valence-corrected chi connectivity index (χ1v) is 9.47. The maximum atomic E-state index is 12.9. The van der Waals surface area contributed by atoms with E-state index in [0.29, 0.717) is 13.0 Å². The zero-order valence-corrected chi connectivity index (χ0v) is 14.6. The number of carbonyl (C=O) groups excluding carboxylic acids is 1. The van der Waals surface area contributed by atoms with E-state index in [1.165, 1.54) is 4.31 Å². The molecule has 2 rings (SSSR count). The highest BCUT2D eigenvalue weighted by Gasteiger charge is 2.48. The van der Waals surface area contributed by atoms with Crippen LogP contribution < -0.4 is 0 Å². The number of hydrogen-bond acceptors (Lipinski definition) is 3. The molecule has 0 N–H and O–H groups in total. The summed E-state index contributed by atoms with van der Waals surface area (Å²) >= 11 is 0. The molecule has 1 amide bonds. The van der Waals surface area contributed by atoms with Gasteiger partial charge in [0.05, 0.1) is 5.75 Å². The molecule has 21 heavy (non-hydrogen) atoms. The van der Waals surface area contributed by atoms with Crippen molar-refractivity contribution in [2.75, 3.05) is 19.3 Å². The van der Waals surface area contributed by atoms with Crippen molar-refractivity contribution in [2.24, 2.45) is 11.3 Å². The molecule has 0 bridgehead atoms. The Bertz CT molecular complexity index is 511. The van der Waals surface area contributed by atoms with Crippen molar-refractivity contribution in [3.63, 3.8) is 0 Å². The lowest BCUT2D eigenvalue weighted by Gasteiger charge is -2.36. The molecule has 5 nitrogen and oxygen atoms in total. The Balaban J connectivity index is 2.20. The molecule has 122 valence electrons. The van der Waals surface area contributed by atoms with Gasteiger partial charge in [-0.05, 0) is 37.5 Å². The maximum Gasteiger partial charge on any atom is 0.241 e. The smallest absolute Gasteiger partial charge is 0.241 e. The average Bonchev–Trinajstić information content (AvgIpc) is 3.05. The second-order valence-corrected chi connectivity index (χ2v) is 9.29. The summed E-state index contributed by atoms with van der Waals surface area (Å²) in [7, 11) is -1.46. The van der Waals surface area contributed by atoms with Gasteiger partial charge < -0.3 is 4.90 Å². The van der Waals surface area contributed by atoms with Gasteiger partial charge >= 0.3 is 0 Å². The number of carbonyl (C=O) groups is 1. The first kappa shape index (κ1) is 16.7. The summed E-state index contributed by atoms with van der Waals surface area (Å²) in [6, 6.07) is -0.413. The number of nitrogens with zero attached hydrogens (tertiary/aromatic N) is 2. The number of hydrogen-bond donors (Lipinski definition) is 0. The summed E-state index contributed by atoms with van der Waals surface area (Å²) in [5.74, 6) is 0.0867. The summed E-state index contributed by atoms with van der Waals surface area (Å²) in [6.07, 6.45) is 2.90. The van der Waals surface area contributed by atoms with Crippen LogP contribution in [0.1, 0.15) is 47.0 Å². The van der Waals surface area contributed by atoms with Crippen LogP contribution in [0.3, 0.4) is 0 Å². The first-order valence-electron chi connectivity index (χ1n) is 7.86. The normalized spacial score (nSPS) is 26.6. The molecule has 0 aromatic rings. The largest absolute Gasteiger partial charge is 0.341 e. The van der Waals surface area contributed by atoms with Crippen LogP contribution in [0, 0.1) is 11.3 Å². The maximum absolute atomic E-state index is 12.9. The summed E-state index contributed by atoms with van der Waals surface area (Å²) < 4.78 is 25.8. The Hall–Kier alpha value is -0.620. The first-order chi connectivity index (χ1) is 9.60. The molecular formula is C15H28N2O3S. The van der Waals surface area contributed by atoms with Crippen LogP contribution >= 0.6 is 0 Å². The molecule has 2 atom stereocenters. The van der Waals surface area contributed by atoms with Crippen molar-refractivity contribution < 1.29 is 13.2 Å². The standard InChI is InChI=1S/C15H28N2O3S/c1-11(2)13(17-9-6-10-21(17,19)20)14(18)16(5)12(3)15(4)7-8-15/h11-13H,6-10H2,1-5H3. The molecule has 1 aliphatic carbocycles. The molecule has 2 unspecified atom stereocenters. The number of likely N-dealkylation sites (N-methyl/N-ethyl adjacent to an activating group) is 1. The Kier molecular flexibility index (Phi) is 4.42. The molecule has 2 aliphatic rings. The van der Waals surface area contributed by atoms with Crippen LogP contribution in [0.25, 0.3) is 0 Å². The van der Waals surface area contributed by atoms with Crippen molar-refractivity contribution in [1.82, 2.24) is 9.21 Å². The summed E-state index contributed by atoms with van der Waals surface area (Å²) in [5.41, 5.74) is 0.204. The van der Waals surface area contributed by atoms with Crippen molar-refractivity contribution in [3.05, 3.63) is 0 Å². The van der Waals surface area contributed by atoms with Gasteiger partial charge in [0, 0.05) is 19.6 Å². The van der Waals surface area contributed by atoms with Crippen molar-refractivity contribution in [2.45, 2.75) is 59.0 Å². The van der Waals surface area contributed by atoms with Crippen molar-refractivity contribution in [1.29, 1.82) is 0 Å². The topological polar surface area (TPSA) is 57.7 Å². The molecule has 1 aliphatic heterocycles. The zero-order chi connectivity index (χ0) is 16.0. The lowest BCUT2D eigenvalue weighted by molar-refractivity contribution is -0.138. The summed E-state index contributed by atoms with van der Waals surface area (Å²) in [6.45, 7) is 8.58. The average molecular weight is 316 g/mol. The number of amides is 1. The van der Waals surface area contributed by atoms with Gasteiger partial charge in [0.15, 0.2) is 0 Å². The predicted octanol–water partition coefficient (Wildman–Crippen LogP) is 1.69. The van der Waals surface area contributed by atoms with E-state index in [2.05, 4.69) is 13.8 Å². The highest BCUT2D eigenvalue weighted by Crippen LogP contribution is 2.49. The van der Waals surface area contributed by atoms with E-state index in [1.54, 1.807) is 4.90 Å². The van der Waals surface area contributed by atoms with E-state index in [1.807, 2.05) is 20.9 Å². The Labute approximate surface area is 128 Å². The predicted molar refractivity (Wildman–Crippen MR) is 83.3 cm³/mol. The van der Waals surface area contributed by atoms with E-state index >= 15 is 0 Å². The van der Waals surface area contributed by atoms with Gasteiger partial charge in [-0.2, -0.15) is 4.31 Å². The lowest BCUT2D eigenvalue weighted by atomic mass is 9.96. The van der Waals surface area contributed by atoms with Crippen molar-refractivity contribution >= 4 is 15.9 Å². The Morgan fingerprint density at radius 3 is 2.19 bits per heavy atom. The van der Waals surface area contributed by atoms with E-state index in [9.17, 15) is 13.2 Å². The third-order valence-corrected chi connectivity index (χ3v) is 7.24. The van der Waals surface area contributed by atoms with E-state index in [0.717, 1.165) is 12.8 Å². The number of sulfonamides is 1. The summed E-state index contributed by atoms with van der Waals surface area (Å²) in [5, 5.41) is 0. The quantitative estimate of drug-likeness (QED) is 0.775. The molecule has 0 aromatic carbocycles. The molecule has 1 saturated carbocycles. The molecular weight excluding hydrogens is 288 g/mol. The van der Waals surface area contributed by atoms with Crippen LogP contribution in [0.4, 0.5) is 0 Å². The van der Waals surface area contributed by atoms with Gasteiger partial charge in [0.25, 0.3) is 0 Å². The zero-order valence-electron chi connectivity index (χ0n) is 13.8. The SMILES string of the molecule is CC(C)C(C(=O)N(C)C(C)C1(C)CC1)N1CCCS1(=O)=O. The molecule has 0 radical (unpaired) electrons. The van der Waals surface area contributed by atoms with Gasteiger partial charge in [-0.3, -0.25) is 4.79 Å².